The zero-order valence-electron chi connectivity index (χ0n) is 18.4. The number of aryl methyl sites for hydroxylation is 1. The Morgan fingerprint density at radius 3 is 1.77 bits per heavy atom. The smallest absolute Gasteiger partial charge is 0.143 e. The van der Waals surface area contributed by atoms with Crippen LogP contribution in [-0.4, -0.2) is 0 Å². The summed E-state index contributed by atoms with van der Waals surface area (Å²) >= 11 is 0. The quantitative estimate of drug-likeness (QED) is 0.165. The lowest BCUT2D eigenvalue weighted by atomic mass is 10.0. The Hall–Kier alpha value is -4.35. The Morgan fingerprint density at radius 2 is 1.14 bits per heavy atom. The average molecular weight is 472 g/mol. The molecular weight excluding hydrogens is 455 g/mol. The van der Waals surface area contributed by atoms with Crippen molar-refractivity contribution in [1.29, 1.82) is 0 Å². The van der Waals surface area contributed by atoms with E-state index in [1.807, 2.05) is 0 Å². The van der Waals surface area contributed by atoms with Crippen LogP contribution in [0.15, 0.2) is 73.3 Å². The van der Waals surface area contributed by atoms with Crippen molar-refractivity contribution < 1.29 is 22.0 Å². The molecule has 4 aromatic carbocycles. The molecule has 0 aliphatic rings. The molecule has 4 rings (SSSR count). The predicted molar refractivity (Wildman–Crippen MR) is 127 cm³/mol. The van der Waals surface area contributed by atoms with Crippen LogP contribution >= 0.6 is 0 Å². The van der Waals surface area contributed by atoms with Crippen LogP contribution in [0.25, 0.3) is 10.8 Å². The largest absolute Gasteiger partial charge is 0.207 e. The first-order chi connectivity index (χ1) is 16.8. The van der Waals surface area contributed by atoms with E-state index in [2.05, 4.69) is 30.3 Å². The van der Waals surface area contributed by atoms with Gasteiger partial charge in [-0.05, 0) is 77.7 Å². The van der Waals surface area contributed by atoms with Crippen molar-refractivity contribution in [2.24, 2.45) is 0 Å². The van der Waals surface area contributed by atoms with Gasteiger partial charge in [0.1, 0.15) is 29.1 Å². The summed E-state index contributed by atoms with van der Waals surface area (Å²) in [6.45, 7) is 3.57. The van der Waals surface area contributed by atoms with E-state index in [0.717, 1.165) is 17.5 Å². The second-order valence-corrected chi connectivity index (χ2v) is 7.78. The molecule has 0 unspecified atom stereocenters. The Balaban J connectivity index is 1.60. The zero-order valence-corrected chi connectivity index (χ0v) is 18.4. The van der Waals surface area contributed by atoms with E-state index in [1.165, 1.54) is 24.3 Å². The molecule has 0 heterocycles. The van der Waals surface area contributed by atoms with Gasteiger partial charge >= 0.3 is 0 Å². The van der Waals surface area contributed by atoms with Gasteiger partial charge in [-0.1, -0.05) is 41.9 Å². The van der Waals surface area contributed by atoms with Gasteiger partial charge in [0.2, 0.25) is 0 Å². The van der Waals surface area contributed by atoms with Crippen LogP contribution in [-0.2, 0) is 6.42 Å². The Labute approximate surface area is 199 Å². The van der Waals surface area contributed by atoms with Crippen molar-refractivity contribution in [3.05, 3.63) is 130 Å². The third-order valence-corrected chi connectivity index (χ3v) is 5.25. The molecule has 0 nitrogen and oxygen atoms in total. The van der Waals surface area contributed by atoms with Crippen molar-refractivity contribution in [3.8, 4) is 23.7 Å². The first-order valence-corrected chi connectivity index (χ1v) is 10.7. The summed E-state index contributed by atoms with van der Waals surface area (Å²) in [6, 6.07) is 13.5. The van der Waals surface area contributed by atoms with Gasteiger partial charge in [-0.3, -0.25) is 0 Å². The van der Waals surface area contributed by atoms with Crippen LogP contribution < -0.4 is 0 Å². The highest BCUT2D eigenvalue weighted by Crippen LogP contribution is 2.19. The van der Waals surface area contributed by atoms with E-state index in [9.17, 15) is 22.0 Å². The molecule has 0 saturated carbocycles. The standard InChI is InChI=1S/C30H17F5/c1-2-3-4-20-14-27(32)26(28(33)15-20)12-7-21-16-29(34)25(30(35)17-21)11-6-19-5-8-23-18-24(31)10-9-22(23)13-19/h2,5,8-10,13-18H,1,3-4H2. The molecule has 0 radical (unpaired) electrons. The lowest BCUT2D eigenvalue weighted by molar-refractivity contribution is 0.574. The van der Waals surface area contributed by atoms with Gasteiger partial charge in [0.15, 0.2) is 0 Å². The molecule has 0 atom stereocenters. The summed E-state index contributed by atoms with van der Waals surface area (Å²) in [4.78, 5) is 0. The second-order valence-electron chi connectivity index (χ2n) is 7.78. The molecule has 5 heteroatoms. The molecule has 0 bridgehead atoms. The number of benzene rings is 4. The maximum absolute atomic E-state index is 14.6. The van der Waals surface area contributed by atoms with Gasteiger partial charge in [-0.25, -0.2) is 22.0 Å². The van der Waals surface area contributed by atoms with E-state index in [-0.39, 0.29) is 11.4 Å². The lowest BCUT2D eigenvalue weighted by Gasteiger charge is -2.03. The van der Waals surface area contributed by atoms with Crippen molar-refractivity contribution in [2.45, 2.75) is 12.8 Å². The molecule has 0 aliphatic carbocycles. The highest BCUT2D eigenvalue weighted by atomic mass is 19.1. The number of halogens is 5. The number of allylic oxidation sites excluding steroid dienone is 1. The Kier molecular flexibility index (Phi) is 6.99. The van der Waals surface area contributed by atoms with E-state index < -0.39 is 34.4 Å². The molecular formula is C30H17F5. The first kappa shape index (κ1) is 23.8. The van der Waals surface area contributed by atoms with Gasteiger partial charge in [0, 0.05) is 11.1 Å². The van der Waals surface area contributed by atoms with Gasteiger partial charge < -0.3 is 0 Å². The van der Waals surface area contributed by atoms with Gasteiger partial charge in [0.25, 0.3) is 0 Å². The Bertz CT molecular complexity index is 1530. The molecule has 4 aromatic rings. The average Bonchev–Trinajstić information content (AvgIpc) is 2.81. The summed E-state index contributed by atoms with van der Waals surface area (Å²) in [6.07, 6.45) is 2.64. The topological polar surface area (TPSA) is 0 Å². The second kappa shape index (κ2) is 10.3. The fourth-order valence-electron chi connectivity index (χ4n) is 3.49. The van der Waals surface area contributed by atoms with E-state index in [0.29, 0.717) is 29.4 Å². The Morgan fingerprint density at radius 1 is 0.600 bits per heavy atom. The van der Waals surface area contributed by atoms with Crippen molar-refractivity contribution >= 4 is 10.8 Å². The van der Waals surface area contributed by atoms with E-state index >= 15 is 0 Å². The number of hydrogen-bond donors (Lipinski definition) is 0. The minimum atomic E-state index is -0.953. The molecule has 0 aromatic heterocycles. The van der Waals surface area contributed by atoms with Crippen LogP contribution in [0, 0.1) is 52.8 Å². The van der Waals surface area contributed by atoms with E-state index in [1.54, 1.807) is 30.3 Å². The van der Waals surface area contributed by atoms with Crippen molar-refractivity contribution in [2.75, 3.05) is 0 Å². The first-order valence-electron chi connectivity index (χ1n) is 10.7. The third kappa shape index (κ3) is 5.60. The molecule has 0 N–H and O–H groups in total. The fourth-order valence-corrected chi connectivity index (χ4v) is 3.49. The summed E-state index contributed by atoms with van der Waals surface area (Å²) in [5, 5.41) is 1.41. The number of fused-ring (bicyclic) bond motifs is 1. The van der Waals surface area contributed by atoms with Crippen LogP contribution in [0.4, 0.5) is 22.0 Å². The van der Waals surface area contributed by atoms with Crippen molar-refractivity contribution in [1.82, 2.24) is 0 Å². The fraction of sp³-hybridized carbons (Fsp3) is 0.0667. The van der Waals surface area contributed by atoms with Crippen LogP contribution in [0.2, 0.25) is 0 Å². The highest BCUT2D eigenvalue weighted by Gasteiger charge is 2.11. The van der Waals surface area contributed by atoms with E-state index in [4.69, 9.17) is 0 Å². The maximum atomic E-state index is 14.6. The number of rotatable bonds is 3. The van der Waals surface area contributed by atoms with Gasteiger partial charge in [0.05, 0.1) is 11.1 Å². The lowest BCUT2D eigenvalue weighted by Crippen LogP contribution is -1.96. The molecule has 0 saturated heterocycles. The molecule has 0 amide bonds. The SMILES string of the molecule is C=CCCc1cc(F)c(C#Cc2cc(F)c(C#Cc3ccc4cc(F)ccc4c3)c(F)c2)c(F)c1. The van der Waals surface area contributed by atoms with Crippen molar-refractivity contribution in [3.63, 3.8) is 0 Å². The third-order valence-electron chi connectivity index (χ3n) is 5.25. The predicted octanol–water partition coefficient (Wildman–Crippen LogP) is 7.45. The number of hydrogen-bond acceptors (Lipinski definition) is 0. The van der Waals surface area contributed by atoms with Crippen LogP contribution in [0.5, 0.6) is 0 Å². The molecule has 35 heavy (non-hydrogen) atoms. The maximum Gasteiger partial charge on any atom is 0.143 e. The normalized spacial score (nSPS) is 10.3. The summed E-state index contributed by atoms with van der Waals surface area (Å²) in [5.74, 6) is 5.92. The van der Waals surface area contributed by atoms with Crippen LogP contribution in [0.1, 0.15) is 34.2 Å². The molecule has 172 valence electrons. The summed E-state index contributed by atoms with van der Waals surface area (Å²) in [7, 11) is 0. The minimum absolute atomic E-state index is 0.0900. The summed E-state index contributed by atoms with van der Waals surface area (Å²) < 4.78 is 71.0. The molecule has 0 aliphatic heterocycles. The van der Waals surface area contributed by atoms with Gasteiger partial charge in [-0.15, -0.1) is 6.58 Å². The minimum Gasteiger partial charge on any atom is -0.207 e. The highest BCUT2D eigenvalue weighted by molar-refractivity contribution is 5.84. The zero-order chi connectivity index (χ0) is 24.9. The summed E-state index contributed by atoms with van der Waals surface area (Å²) in [5.41, 5.74) is -0.0713. The molecule has 0 fully saturated rings. The van der Waals surface area contributed by atoms with Gasteiger partial charge in [-0.2, -0.15) is 0 Å². The van der Waals surface area contributed by atoms with Crippen LogP contribution in [0.3, 0.4) is 0 Å². The monoisotopic (exact) mass is 472 g/mol. The molecule has 0 spiro atoms.